The first-order valence-corrected chi connectivity index (χ1v) is 30.4. The third-order valence-corrected chi connectivity index (χ3v) is 16.2. The van der Waals surface area contributed by atoms with E-state index in [0.717, 1.165) is 10.0 Å². The summed E-state index contributed by atoms with van der Waals surface area (Å²) in [5, 5.41) is 14.1. The van der Waals surface area contributed by atoms with Gasteiger partial charge in [0.15, 0.2) is 0 Å². The van der Waals surface area contributed by atoms with Crippen molar-refractivity contribution >= 4 is 59.1 Å². The van der Waals surface area contributed by atoms with E-state index >= 15 is 9.59 Å². The van der Waals surface area contributed by atoms with Crippen LogP contribution in [0.5, 0.6) is 0 Å². The Morgan fingerprint density at radius 1 is 0.430 bits per heavy atom. The van der Waals surface area contributed by atoms with Gasteiger partial charge in [0.2, 0.25) is 35.4 Å². The maximum Gasteiger partial charge on any atom is 0.260 e. The minimum atomic E-state index is -1.45. The normalized spacial score (nSPS) is 26.4. The summed E-state index contributed by atoms with van der Waals surface area (Å²) in [4.78, 5) is 151. The number of carbonyl (C=O) groups excluding carboxylic acids is 10. The molecule has 0 radical (unpaired) electrons. The van der Waals surface area contributed by atoms with Crippen LogP contribution in [0.2, 0.25) is 0 Å². The quantitative estimate of drug-likeness (QED) is 0.0753. The molecule has 3 saturated heterocycles. The molecule has 0 unspecified atom stereocenters. The third-order valence-electron chi connectivity index (χ3n) is 16.2. The zero-order chi connectivity index (χ0) is 63.7. The highest BCUT2D eigenvalue weighted by molar-refractivity contribution is 6.00. The van der Waals surface area contributed by atoms with Crippen LogP contribution in [-0.4, -0.2) is 176 Å². The summed E-state index contributed by atoms with van der Waals surface area (Å²) in [6, 6.07) is 3.94. The lowest BCUT2D eigenvalue weighted by Gasteiger charge is -2.37. The van der Waals surface area contributed by atoms with Crippen LogP contribution >= 0.6 is 0 Å². The number of rotatable bonds is 16. The lowest BCUT2D eigenvalue weighted by atomic mass is 9.98. The van der Waals surface area contributed by atoms with Gasteiger partial charge in [0, 0.05) is 25.9 Å². The zero-order valence-corrected chi connectivity index (χ0v) is 51.4. The van der Waals surface area contributed by atoms with E-state index < -0.39 is 131 Å². The Kier molecular flexibility index (Phi) is 26.4. The van der Waals surface area contributed by atoms with Gasteiger partial charge in [-0.25, -0.2) is 23.4 Å². The second kappa shape index (κ2) is 32.6. The maximum atomic E-state index is 15.1. The average Bonchev–Trinajstić information content (AvgIpc) is 3.44. The fourth-order valence-electron chi connectivity index (χ4n) is 11.4. The van der Waals surface area contributed by atoms with Crippen molar-refractivity contribution in [1.29, 1.82) is 0 Å². The van der Waals surface area contributed by atoms with E-state index in [9.17, 15) is 38.4 Å². The molecule has 3 aliphatic rings. The van der Waals surface area contributed by atoms with Crippen LogP contribution in [-0.2, 0) is 60.8 Å². The number of nitrogens with zero attached hydrogens (tertiary/aromatic N) is 6. The Balaban J connectivity index is 1.66. The number of hydrogen-bond acceptors (Lipinski definition) is 16. The number of nitrogens with one attached hydrogen (secondary N) is 4. The minimum Gasteiger partial charge on any atom is -0.342 e. The molecule has 26 nitrogen and oxygen atoms in total. The van der Waals surface area contributed by atoms with Gasteiger partial charge in [0.1, 0.15) is 60.4 Å². The van der Waals surface area contributed by atoms with Gasteiger partial charge in [0.05, 0.1) is 0 Å². The van der Waals surface area contributed by atoms with Crippen molar-refractivity contribution in [2.45, 2.75) is 193 Å². The van der Waals surface area contributed by atoms with Crippen molar-refractivity contribution in [3.8, 4) is 0 Å². The molecule has 3 aliphatic heterocycles. The Morgan fingerprint density at radius 2 is 0.756 bits per heavy atom. The van der Waals surface area contributed by atoms with Crippen LogP contribution in [0, 0.1) is 23.7 Å². The van der Waals surface area contributed by atoms with E-state index in [1.807, 2.05) is 27.7 Å². The number of nitrogens with two attached hydrogens (primary N) is 6. The van der Waals surface area contributed by atoms with E-state index in [-0.39, 0.29) is 102 Å². The summed E-state index contributed by atoms with van der Waals surface area (Å²) in [5.74, 6) is 17.2. The molecule has 10 atom stereocenters. The molecule has 3 heterocycles. The molecule has 476 valence electrons. The smallest absolute Gasteiger partial charge is 0.260 e. The highest BCUT2D eigenvalue weighted by Gasteiger charge is 2.47. The number of hydrazine groups is 4. The van der Waals surface area contributed by atoms with Gasteiger partial charge in [0.25, 0.3) is 23.6 Å². The second-order valence-corrected chi connectivity index (χ2v) is 24.5. The number of amides is 10. The number of carbonyl (C=O) groups is 10. The van der Waals surface area contributed by atoms with Crippen molar-refractivity contribution in [1.82, 2.24) is 51.1 Å². The predicted molar refractivity (Wildman–Crippen MR) is 322 cm³/mol. The molecular formula is C60H96N16O10. The predicted octanol–water partition coefficient (Wildman–Crippen LogP) is -0.428. The van der Waals surface area contributed by atoms with E-state index in [2.05, 4.69) is 21.3 Å². The number of fused-ring (bicyclic) bond motifs is 2. The van der Waals surface area contributed by atoms with Gasteiger partial charge < -0.3 is 42.5 Å². The highest BCUT2D eigenvalue weighted by Crippen LogP contribution is 2.26. The molecule has 0 bridgehead atoms. The van der Waals surface area contributed by atoms with Crippen LogP contribution in [0.4, 0.5) is 0 Å². The molecule has 0 spiro atoms. The van der Waals surface area contributed by atoms with Crippen molar-refractivity contribution in [2.24, 2.45) is 58.5 Å². The van der Waals surface area contributed by atoms with Crippen LogP contribution in [0.3, 0.4) is 0 Å². The fraction of sp³-hybridized carbons (Fsp3) is 0.633. The highest BCUT2D eigenvalue weighted by atomic mass is 16.2. The van der Waals surface area contributed by atoms with Gasteiger partial charge in [-0.2, -0.15) is 0 Å². The van der Waals surface area contributed by atoms with Crippen LogP contribution in [0.15, 0.2) is 60.7 Å². The lowest BCUT2D eigenvalue weighted by molar-refractivity contribution is -0.152. The van der Waals surface area contributed by atoms with E-state index in [1.54, 1.807) is 88.4 Å². The molecule has 26 heteroatoms. The van der Waals surface area contributed by atoms with Crippen LogP contribution in [0.1, 0.15) is 131 Å². The Hall–Kier alpha value is -7.10. The van der Waals surface area contributed by atoms with E-state index in [0.29, 0.717) is 34.0 Å². The lowest BCUT2D eigenvalue weighted by Crippen LogP contribution is -2.65. The standard InChI is InChI=1S/C60H96N16O10/c1-35(2)31-41-55(81)75(65)47(33-39-19-11-9-12-20-39)57(83)71-29-17-25-43(71)51(77)70-50(38(7)8)60(86)74(64)46(24-16-28-62)54(80)68-42(32-36(3)4)56(82)76(66)48(34-40-21-13-10-14-22-40)58(84)72-30-18-26-44(72)52(78)69-49(37(5)6)59(85)73(63)45(23-15-27-61)53(79)67-41/h9-14,19-22,35-38,41-50H,15-18,23-34,61-66H2,1-8H3,(H,67,79)(H,68,80)(H,69,78)(H,70,77)/t41-,42-,43-,44-,45-,46-,47+,48+,49-,50-/m0/s1. The van der Waals surface area contributed by atoms with Crippen LogP contribution in [0.25, 0.3) is 0 Å². The first-order valence-electron chi connectivity index (χ1n) is 30.4. The molecule has 0 aliphatic carbocycles. The molecule has 2 aromatic carbocycles. The summed E-state index contributed by atoms with van der Waals surface area (Å²) in [6.45, 7) is 14.2. The first-order chi connectivity index (χ1) is 40.7. The van der Waals surface area contributed by atoms with Crippen molar-refractivity contribution < 1.29 is 47.9 Å². The minimum absolute atomic E-state index is 0.0149. The molecule has 0 aromatic heterocycles. The van der Waals surface area contributed by atoms with Crippen LogP contribution < -0.4 is 56.1 Å². The Labute approximate surface area is 505 Å². The van der Waals surface area contributed by atoms with Gasteiger partial charge in [-0.05, 0) is 112 Å². The maximum absolute atomic E-state index is 15.1. The molecule has 3 fully saturated rings. The monoisotopic (exact) mass is 1200 g/mol. The molecule has 2 aromatic rings. The molecule has 86 heavy (non-hydrogen) atoms. The molecular weight excluding hydrogens is 1100 g/mol. The summed E-state index contributed by atoms with van der Waals surface area (Å²) < 4.78 is 0. The summed E-state index contributed by atoms with van der Waals surface area (Å²) in [6.07, 6.45) is 1.08. The van der Waals surface area contributed by atoms with Crippen molar-refractivity contribution in [3.05, 3.63) is 71.8 Å². The first kappa shape index (κ1) is 69.7. The number of benzene rings is 2. The van der Waals surface area contributed by atoms with Crippen molar-refractivity contribution in [3.63, 3.8) is 0 Å². The van der Waals surface area contributed by atoms with Gasteiger partial charge in [-0.3, -0.25) is 68.0 Å². The summed E-state index contributed by atoms with van der Waals surface area (Å²) in [7, 11) is 0. The average molecular weight is 1200 g/mol. The summed E-state index contributed by atoms with van der Waals surface area (Å²) >= 11 is 0. The third kappa shape index (κ3) is 18.0. The van der Waals surface area contributed by atoms with E-state index in [1.165, 1.54) is 9.80 Å². The Bertz CT molecular complexity index is 2470. The van der Waals surface area contributed by atoms with Gasteiger partial charge >= 0.3 is 0 Å². The topological polar surface area (TPSA) is 394 Å². The molecule has 0 saturated carbocycles. The van der Waals surface area contributed by atoms with Gasteiger partial charge in [-0.15, -0.1) is 0 Å². The SMILES string of the molecule is CC(C)C[C@@H]1NC(=O)[C@H](CCCN)N(N)C(=O)[C@H](C(C)C)NC(=O)[C@@H]2CCCN2C(=O)[C@@H](Cc2ccccc2)N(N)C(=O)[C@H](CC(C)C)NC(=O)[C@H](CCCN)N(N)C(=O)[C@H](C(C)C)NC(=O)[C@@H]2CCCN2C(=O)[C@@H](Cc2ccccc2)N(N)C1=O. The molecule has 16 N–H and O–H groups in total. The zero-order valence-electron chi connectivity index (χ0n) is 51.4. The Morgan fingerprint density at radius 3 is 1.06 bits per heavy atom. The fourth-order valence-corrected chi connectivity index (χ4v) is 11.4. The molecule has 5 rings (SSSR count). The second-order valence-electron chi connectivity index (χ2n) is 24.5. The molecule has 10 amide bonds. The van der Waals surface area contributed by atoms with E-state index in [4.69, 9.17) is 34.8 Å². The summed E-state index contributed by atoms with van der Waals surface area (Å²) in [5.41, 5.74) is 13.1. The largest absolute Gasteiger partial charge is 0.342 e. The van der Waals surface area contributed by atoms with Crippen molar-refractivity contribution in [2.75, 3.05) is 26.2 Å². The van der Waals surface area contributed by atoms with Gasteiger partial charge in [-0.1, -0.05) is 116 Å². The number of hydrogen-bond donors (Lipinski definition) is 10.